The smallest absolute Gasteiger partial charge is 0.191 e. The number of guanidine groups is 1. The Morgan fingerprint density at radius 2 is 2.26 bits per heavy atom. The van der Waals surface area contributed by atoms with Gasteiger partial charge in [0.1, 0.15) is 5.75 Å². The van der Waals surface area contributed by atoms with Crippen LogP contribution in [-0.2, 0) is 11.3 Å². The number of rotatable bonds is 7. The molecule has 1 aromatic rings. The van der Waals surface area contributed by atoms with Crippen molar-refractivity contribution in [2.24, 2.45) is 4.99 Å². The number of nitrogens with one attached hydrogen (secondary N) is 2. The zero-order chi connectivity index (χ0) is 16.5. The zero-order valence-corrected chi connectivity index (χ0v) is 14.5. The fourth-order valence-corrected chi connectivity index (χ4v) is 2.71. The highest BCUT2D eigenvalue weighted by Crippen LogP contribution is 2.20. The van der Waals surface area contributed by atoms with Crippen molar-refractivity contribution in [3.63, 3.8) is 0 Å². The molecule has 2 rings (SSSR count). The quantitative estimate of drug-likeness (QED) is 0.599. The van der Waals surface area contributed by atoms with Gasteiger partial charge in [-0.05, 0) is 44.7 Å². The molecule has 0 spiro atoms. The summed E-state index contributed by atoms with van der Waals surface area (Å²) < 4.78 is 11.1. The third-order valence-electron chi connectivity index (χ3n) is 3.98. The van der Waals surface area contributed by atoms with E-state index in [4.69, 9.17) is 9.47 Å². The summed E-state index contributed by atoms with van der Waals surface area (Å²) in [7, 11) is 1.70. The molecule has 1 aliphatic heterocycles. The lowest BCUT2D eigenvalue weighted by molar-refractivity contribution is 0.105. The SMILES string of the molecule is CCNC(=NCc1ccc(C)cc1OC)NCCC1CCCO1. The van der Waals surface area contributed by atoms with Crippen molar-refractivity contribution in [1.29, 1.82) is 0 Å². The van der Waals surface area contributed by atoms with Gasteiger partial charge in [0.15, 0.2) is 5.96 Å². The molecule has 0 bridgehead atoms. The molecule has 5 nitrogen and oxygen atoms in total. The van der Waals surface area contributed by atoms with Crippen molar-refractivity contribution in [2.75, 3.05) is 26.8 Å². The summed E-state index contributed by atoms with van der Waals surface area (Å²) >= 11 is 0. The lowest BCUT2D eigenvalue weighted by Gasteiger charge is -2.14. The third-order valence-corrected chi connectivity index (χ3v) is 3.98. The van der Waals surface area contributed by atoms with Crippen LogP contribution in [0.2, 0.25) is 0 Å². The monoisotopic (exact) mass is 319 g/mol. The minimum absolute atomic E-state index is 0.405. The van der Waals surface area contributed by atoms with Gasteiger partial charge in [0.2, 0.25) is 0 Å². The van der Waals surface area contributed by atoms with Crippen LogP contribution in [0.3, 0.4) is 0 Å². The Morgan fingerprint density at radius 3 is 2.96 bits per heavy atom. The van der Waals surface area contributed by atoms with Gasteiger partial charge < -0.3 is 20.1 Å². The molecule has 1 aliphatic rings. The molecular formula is C18H29N3O2. The van der Waals surface area contributed by atoms with E-state index in [1.165, 1.54) is 18.4 Å². The normalized spacial score (nSPS) is 18.0. The second-order valence-corrected chi connectivity index (χ2v) is 5.86. The molecule has 2 N–H and O–H groups in total. The second-order valence-electron chi connectivity index (χ2n) is 5.86. The van der Waals surface area contributed by atoms with Crippen LogP contribution in [0, 0.1) is 6.92 Å². The van der Waals surface area contributed by atoms with E-state index in [1.807, 2.05) is 6.07 Å². The molecule has 0 radical (unpaired) electrons. The summed E-state index contributed by atoms with van der Waals surface area (Å²) in [5, 5.41) is 6.67. The van der Waals surface area contributed by atoms with Crippen LogP contribution in [0.5, 0.6) is 5.75 Å². The van der Waals surface area contributed by atoms with E-state index in [0.717, 1.165) is 43.4 Å². The number of benzene rings is 1. The topological polar surface area (TPSA) is 54.9 Å². The van der Waals surface area contributed by atoms with Crippen molar-refractivity contribution < 1.29 is 9.47 Å². The van der Waals surface area contributed by atoms with Crippen LogP contribution in [0.4, 0.5) is 0 Å². The fourth-order valence-electron chi connectivity index (χ4n) is 2.71. The first-order chi connectivity index (χ1) is 11.2. The summed E-state index contributed by atoms with van der Waals surface area (Å²) in [6.07, 6.45) is 3.79. The van der Waals surface area contributed by atoms with Gasteiger partial charge in [-0.1, -0.05) is 12.1 Å². The van der Waals surface area contributed by atoms with Crippen LogP contribution in [-0.4, -0.2) is 38.9 Å². The standard InChI is InChI=1S/C18H29N3O2/c1-4-19-18(20-10-9-16-6-5-11-23-16)21-13-15-8-7-14(2)12-17(15)22-3/h7-8,12,16H,4-6,9-11,13H2,1-3H3,(H2,19,20,21). The largest absolute Gasteiger partial charge is 0.496 e. The Labute approximate surface area is 139 Å². The van der Waals surface area contributed by atoms with Crippen molar-refractivity contribution in [3.05, 3.63) is 29.3 Å². The van der Waals surface area contributed by atoms with Crippen LogP contribution in [0.25, 0.3) is 0 Å². The highest BCUT2D eigenvalue weighted by Gasteiger charge is 2.14. The van der Waals surface area contributed by atoms with Gasteiger partial charge in [0, 0.05) is 25.3 Å². The molecule has 0 amide bonds. The Hall–Kier alpha value is -1.75. The van der Waals surface area contributed by atoms with Gasteiger partial charge in [-0.3, -0.25) is 0 Å². The van der Waals surface area contributed by atoms with Crippen molar-refractivity contribution in [2.45, 2.75) is 45.8 Å². The minimum atomic E-state index is 0.405. The first-order valence-corrected chi connectivity index (χ1v) is 8.50. The average Bonchev–Trinajstić information content (AvgIpc) is 3.06. The first-order valence-electron chi connectivity index (χ1n) is 8.50. The molecule has 0 aliphatic carbocycles. The lowest BCUT2D eigenvalue weighted by atomic mass is 10.1. The maximum atomic E-state index is 5.65. The van der Waals surface area contributed by atoms with Gasteiger partial charge in [-0.25, -0.2) is 4.99 Å². The Bertz CT molecular complexity index is 511. The van der Waals surface area contributed by atoms with Crippen LogP contribution in [0.1, 0.15) is 37.3 Å². The predicted octanol–water partition coefficient (Wildman–Crippen LogP) is 2.63. The van der Waals surface area contributed by atoms with Gasteiger partial charge in [-0.2, -0.15) is 0 Å². The molecule has 23 heavy (non-hydrogen) atoms. The molecule has 1 atom stereocenters. The maximum Gasteiger partial charge on any atom is 0.191 e. The second kappa shape index (κ2) is 9.40. The number of nitrogens with zero attached hydrogens (tertiary/aromatic N) is 1. The number of hydrogen-bond acceptors (Lipinski definition) is 3. The van der Waals surface area contributed by atoms with Crippen molar-refractivity contribution >= 4 is 5.96 Å². The summed E-state index contributed by atoms with van der Waals surface area (Å²) in [4.78, 5) is 4.66. The third kappa shape index (κ3) is 5.75. The number of ether oxygens (including phenoxy) is 2. The summed E-state index contributed by atoms with van der Waals surface area (Å²) in [6.45, 7) is 7.36. The highest BCUT2D eigenvalue weighted by atomic mass is 16.5. The van der Waals surface area contributed by atoms with Gasteiger partial charge >= 0.3 is 0 Å². The molecular weight excluding hydrogens is 290 g/mol. The van der Waals surface area contributed by atoms with E-state index in [0.29, 0.717) is 12.6 Å². The zero-order valence-electron chi connectivity index (χ0n) is 14.5. The van der Waals surface area contributed by atoms with Gasteiger partial charge in [0.25, 0.3) is 0 Å². The molecule has 1 unspecified atom stereocenters. The van der Waals surface area contributed by atoms with Gasteiger partial charge in [0.05, 0.1) is 19.8 Å². The predicted molar refractivity (Wildman–Crippen MR) is 94.1 cm³/mol. The van der Waals surface area contributed by atoms with Crippen LogP contribution < -0.4 is 15.4 Å². The molecule has 1 aromatic carbocycles. The molecule has 128 valence electrons. The highest BCUT2D eigenvalue weighted by molar-refractivity contribution is 5.79. The Balaban J connectivity index is 1.89. The molecule has 0 aromatic heterocycles. The van der Waals surface area contributed by atoms with Gasteiger partial charge in [-0.15, -0.1) is 0 Å². The van der Waals surface area contributed by atoms with Crippen LogP contribution in [0.15, 0.2) is 23.2 Å². The van der Waals surface area contributed by atoms with Crippen molar-refractivity contribution in [1.82, 2.24) is 10.6 Å². The van der Waals surface area contributed by atoms with E-state index < -0.39 is 0 Å². The Kier molecular flexibility index (Phi) is 7.20. The maximum absolute atomic E-state index is 5.65. The molecule has 5 heteroatoms. The molecule has 0 saturated carbocycles. The number of aliphatic imine (C=N–C) groups is 1. The average molecular weight is 319 g/mol. The van der Waals surface area contributed by atoms with E-state index in [9.17, 15) is 0 Å². The molecule has 1 heterocycles. The number of aryl methyl sites for hydroxylation is 1. The first kappa shape index (κ1) is 17.6. The van der Waals surface area contributed by atoms with Crippen LogP contribution >= 0.6 is 0 Å². The van der Waals surface area contributed by atoms with E-state index in [1.54, 1.807) is 7.11 Å². The van der Waals surface area contributed by atoms with E-state index in [2.05, 4.69) is 41.6 Å². The Morgan fingerprint density at radius 1 is 1.39 bits per heavy atom. The fraction of sp³-hybridized carbons (Fsp3) is 0.611. The van der Waals surface area contributed by atoms with E-state index >= 15 is 0 Å². The molecule has 1 saturated heterocycles. The molecule has 1 fully saturated rings. The lowest BCUT2D eigenvalue weighted by Crippen LogP contribution is -2.38. The van der Waals surface area contributed by atoms with E-state index in [-0.39, 0.29) is 0 Å². The van der Waals surface area contributed by atoms with Crippen molar-refractivity contribution in [3.8, 4) is 5.75 Å². The minimum Gasteiger partial charge on any atom is -0.496 e. The number of hydrogen-bond donors (Lipinski definition) is 2. The summed E-state index contributed by atoms with van der Waals surface area (Å²) in [5.41, 5.74) is 2.28. The number of methoxy groups -OCH3 is 1. The summed E-state index contributed by atoms with van der Waals surface area (Å²) in [5.74, 6) is 1.73. The summed E-state index contributed by atoms with van der Waals surface area (Å²) in [6, 6.07) is 6.21.